The van der Waals surface area contributed by atoms with Gasteiger partial charge in [-0.25, -0.2) is 0 Å². The Kier molecular flexibility index (Phi) is 7.86. The normalized spacial score (nSPS) is 16.6. The van der Waals surface area contributed by atoms with Crippen LogP contribution in [-0.4, -0.2) is 85.2 Å². The molecule has 1 N–H and O–H groups in total. The molecule has 0 saturated carbocycles. The van der Waals surface area contributed by atoms with Crippen LogP contribution in [-0.2, 0) is 9.59 Å². The van der Waals surface area contributed by atoms with Gasteiger partial charge in [-0.05, 0) is 44.8 Å². The number of carbonyl (C=O) groups excluding carboxylic acids is 2. The lowest BCUT2D eigenvalue weighted by Crippen LogP contribution is -2.54. The number of piperazine rings is 1. The average Bonchev–Trinajstić information content (AvgIpc) is 2.67. The molecule has 0 aliphatic carbocycles. The Balaban J connectivity index is 1.82. The van der Waals surface area contributed by atoms with Crippen molar-refractivity contribution in [1.29, 1.82) is 0 Å². The molecule has 7 nitrogen and oxygen atoms in total. The summed E-state index contributed by atoms with van der Waals surface area (Å²) in [5.41, 5.74) is 0.340. The van der Waals surface area contributed by atoms with E-state index in [2.05, 4.69) is 21.9 Å². The van der Waals surface area contributed by atoms with Crippen LogP contribution in [0.4, 0.5) is 18.9 Å². The molecule has 0 spiro atoms. The highest BCUT2D eigenvalue weighted by molar-refractivity contribution is 5.92. The summed E-state index contributed by atoms with van der Waals surface area (Å²) >= 11 is 0. The molecule has 1 aliphatic heterocycles. The fraction of sp³-hybridized carbons (Fsp3) is 0.579. The molecule has 0 bridgehead atoms. The summed E-state index contributed by atoms with van der Waals surface area (Å²) in [4.78, 5) is 30.6. The lowest BCUT2D eigenvalue weighted by molar-refractivity contribution is -0.274. The number of likely N-dealkylation sites (N-methyl/N-ethyl adjacent to an activating group) is 2. The lowest BCUT2D eigenvalue weighted by atomic mass is 10.2. The maximum Gasteiger partial charge on any atom is 0.573 e. The van der Waals surface area contributed by atoms with Crippen molar-refractivity contribution in [2.24, 2.45) is 0 Å². The zero-order chi connectivity index (χ0) is 21.6. The Morgan fingerprint density at radius 2 is 1.76 bits per heavy atom. The number of alkyl halides is 3. The van der Waals surface area contributed by atoms with Gasteiger partial charge in [-0.1, -0.05) is 6.92 Å². The molecule has 2 amide bonds. The van der Waals surface area contributed by atoms with Crippen LogP contribution in [0.2, 0.25) is 0 Å². The Bertz CT molecular complexity index is 689. The highest BCUT2D eigenvalue weighted by Gasteiger charge is 2.31. The predicted octanol–water partition coefficient (Wildman–Crippen LogP) is 2.01. The van der Waals surface area contributed by atoms with Gasteiger partial charge in [-0.2, -0.15) is 0 Å². The zero-order valence-electron chi connectivity index (χ0n) is 16.8. The van der Waals surface area contributed by atoms with Gasteiger partial charge in [0.15, 0.2) is 0 Å². The van der Waals surface area contributed by atoms with Crippen LogP contribution in [0, 0.1) is 0 Å². The van der Waals surface area contributed by atoms with Crippen molar-refractivity contribution in [3.8, 4) is 5.75 Å². The van der Waals surface area contributed by atoms with Gasteiger partial charge in [0.25, 0.3) is 0 Å². The number of benzene rings is 1. The molecule has 0 aromatic heterocycles. The number of nitrogens with one attached hydrogen (secondary N) is 1. The molecule has 1 aromatic rings. The second kappa shape index (κ2) is 9.93. The molecule has 1 aromatic carbocycles. The summed E-state index contributed by atoms with van der Waals surface area (Å²) in [5.74, 6) is -0.757. The minimum atomic E-state index is -4.76. The van der Waals surface area contributed by atoms with Gasteiger partial charge in [-0.3, -0.25) is 14.5 Å². The molecular weight excluding hydrogens is 389 g/mol. The predicted molar refractivity (Wildman–Crippen MR) is 103 cm³/mol. The Morgan fingerprint density at radius 3 is 2.28 bits per heavy atom. The first-order valence-corrected chi connectivity index (χ1v) is 9.46. The SMILES string of the molecule is CCN1CCN(C(=O)[C@@H](C)N(C)CC(=O)Nc2ccc(OC(F)(F)F)cc2)CC1. The summed E-state index contributed by atoms with van der Waals surface area (Å²) < 4.78 is 40.3. The first-order chi connectivity index (χ1) is 13.6. The monoisotopic (exact) mass is 416 g/mol. The summed E-state index contributed by atoms with van der Waals surface area (Å²) in [6, 6.07) is 4.42. The van der Waals surface area contributed by atoms with Crippen LogP contribution in [0.5, 0.6) is 5.75 Å². The van der Waals surface area contributed by atoms with Gasteiger partial charge in [0.2, 0.25) is 11.8 Å². The molecule has 162 valence electrons. The highest BCUT2D eigenvalue weighted by atomic mass is 19.4. The molecule has 0 radical (unpaired) electrons. The van der Waals surface area contributed by atoms with Crippen molar-refractivity contribution in [1.82, 2.24) is 14.7 Å². The van der Waals surface area contributed by atoms with Gasteiger partial charge in [0.1, 0.15) is 5.75 Å². The summed E-state index contributed by atoms with van der Waals surface area (Å²) in [6.07, 6.45) is -4.76. The standard InChI is InChI=1S/C19H27F3N4O3/c1-4-25-9-11-26(12-10-25)18(28)14(2)24(3)13-17(27)23-15-5-7-16(8-6-15)29-19(20,21)22/h5-8,14H,4,9-13H2,1-3H3,(H,23,27)/t14-/m1/s1. The molecule has 1 saturated heterocycles. The number of hydrogen-bond acceptors (Lipinski definition) is 5. The van der Waals surface area contributed by atoms with E-state index in [1.54, 1.807) is 18.9 Å². The average molecular weight is 416 g/mol. The van der Waals surface area contributed by atoms with E-state index in [4.69, 9.17) is 0 Å². The van der Waals surface area contributed by atoms with Crippen LogP contribution in [0.15, 0.2) is 24.3 Å². The highest BCUT2D eigenvalue weighted by Crippen LogP contribution is 2.23. The van der Waals surface area contributed by atoms with Crippen LogP contribution < -0.4 is 10.1 Å². The molecule has 1 heterocycles. The molecule has 1 atom stereocenters. The smallest absolute Gasteiger partial charge is 0.406 e. The van der Waals surface area contributed by atoms with E-state index in [1.807, 2.05) is 4.90 Å². The Hall–Kier alpha value is -2.33. The summed E-state index contributed by atoms with van der Waals surface area (Å²) in [7, 11) is 1.69. The third-order valence-electron chi connectivity index (χ3n) is 4.91. The van der Waals surface area contributed by atoms with E-state index in [-0.39, 0.29) is 24.1 Å². The second-order valence-corrected chi connectivity index (χ2v) is 6.97. The van der Waals surface area contributed by atoms with E-state index in [1.165, 1.54) is 12.1 Å². The fourth-order valence-corrected chi connectivity index (χ4v) is 3.04. The second-order valence-electron chi connectivity index (χ2n) is 6.97. The Labute approximate surface area is 168 Å². The third kappa shape index (κ3) is 7.21. The fourth-order valence-electron chi connectivity index (χ4n) is 3.04. The first kappa shape index (κ1) is 23.0. The number of rotatable bonds is 7. The minimum Gasteiger partial charge on any atom is -0.406 e. The maximum absolute atomic E-state index is 12.7. The van der Waals surface area contributed by atoms with Crippen molar-refractivity contribution in [3.05, 3.63) is 24.3 Å². The Morgan fingerprint density at radius 1 is 1.17 bits per heavy atom. The number of amides is 2. The van der Waals surface area contributed by atoms with E-state index in [9.17, 15) is 22.8 Å². The number of ether oxygens (including phenoxy) is 1. The molecule has 1 fully saturated rings. The molecular formula is C19H27F3N4O3. The van der Waals surface area contributed by atoms with Crippen molar-refractivity contribution in [3.63, 3.8) is 0 Å². The topological polar surface area (TPSA) is 65.1 Å². The van der Waals surface area contributed by atoms with Crippen molar-refractivity contribution in [2.45, 2.75) is 26.3 Å². The maximum atomic E-state index is 12.7. The van der Waals surface area contributed by atoms with E-state index >= 15 is 0 Å². The van der Waals surface area contributed by atoms with Crippen LogP contribution in [0.25, 0.3) is 0 Å². The number of halogens is 3. The van der Waals surface area contributed by atoms with Gasteiger partial charge in [-0.15, -0.1) is 13.2 Å². The van der Waals surface area contributed by atoms with Gasteiger partial charge in [0, 0.05) is 31.9 Å². The van der Waals surface area contributed by atoms with Gasteiger partial charge in [0.05, 0.1) is 12.6 Å². The first-order valence-electron chi connectivity index (χ1n) is 9.46. The number of nitrogens with zero attached hydrogens (tertiary/aromatic N) is 3. The molecule has 0 unspecified atom stereocenters. The third-order valence-corrected chi connectivity index (χ3v) is 4.91. The van der Waals surface area contributed by atoms with Crippen LogP contribution >= 0.6 is 0 Å². The summed E-state index contributed by atoms with van der Waals surface area (Å²) in [6.45, 7) is 7.80. The van der Waals surface area contributed by atoms with Crippen LogP contribution in [0.3, 0.4) is 0 Å². The minimum absolute atomic E-state index is 0.0234. The quantitative estimate of drug-likeness (QED) is 0.737. The van der Waals surface area contributed by atoms with E-state index in [0.29, 0.717) is 18.8 Å². The molecule has 2 rings (SSSR count). The van der Waals surface area contributed by atoms with Crippen molar-refractivity contribution >= 4 is 17.5 Å². The van der Waals surface area contributed by atoms with E-state index < -0.39 is 12.4 Å². The van der Waals surface area contributed by atoms with Crippen molar-refractivity contribution < 1.29 is 27.5 Å². The number of anilines is 1. The van der Waals surface area contributed by atoms with E-state index in [0.717, 1.165) is 31.8 Å². The number of hydrogen-bond donors (Lipinski definition) is 1. The molecule has 29 heavy (non-hydrogen) atoms. The zero-order valence-corrected chi connectivity index (χ0v) is 16.8. The molecule has 10 heteroatoms. The van der Waals surface area contributed by atoms with Crippen LogP contribution in [0.1, 0.15) is 13.8 Å². The van der Waals surface area contributed by atoms with Gasteiger partial charge < -0.3 is 19.9 Å². The molecule has 1 aliphatic rings. The summed E-state index contributed by atoms with van der Waals surface area (Å²) in [5, 5.41) is 2.60. The van der Waals surface area contributed by atoms with Gasteiger partial charge >= 0.3 is 6.36 Å². The number of carbonyl (C=O) groups is 2. The largest absolute Gasteiger partial charge is 0.573 e. The lowest BCUT2D eigenvalue weighted by Gasteiger charge is -2.36. The van der Waals surface area contributed by atoms with Crippen molar-refractivity contribution in [2.75, 3.05) is 51.6 Å².